The molecule has 1 heterocycles. The highest BCUT2D eigenvalue weighted by atomic mass is 14.2. The Kier molecular flexibility index (Phi) is 18.6. The molecule has 0 N–H and O–H groups in total. The van der Waals surface area contributed by atoms with Crippen LogP contribution in [0.4, 0.5) is 0 Å². The summed E-state index contributed by atoms with van der Waals surface area (Å²) in [4.78, 5) is 0. The van der Waals surface area contributed by atoms with E-state index in [-0.39, 0.29) is 6.71 Å². The molecule has 0 nitrogen and oxygen atoms in total. The van der Waals surface area contributed by atoms with E-state index in [2.05, 4.69) is 206 Å². The Labute approximate surface area is 371 Å². The summed E-state index contributed by atoms with van der Waals surface area (Å²) in [6.45, 7) is 30.9. The molecule has 0 fully saturated rings. The lowest BCUT2D eigenvalue weighted by Crippen LogP contribution is -2.48. The van der Waals surface area contributed by atoms with Crippen molar-refractivity contribution in [1.82, 2.24) is 0 Å². The van der Waals surface area contributed by atoms with Crippen LogP contribution >= 0.6 is 0 Å². The minimum atomic E-state index is 0.159. The van der Waals surface area contributed by atoms with Crippen LogP contribution in [-0.2, 0) is 0 Å². The van der Waals surface area contributed by atoms with Crippen molar-refractivity contribution >= 4 is 28.7 Å². The van der Waals surface area contributed by atoms with Crippen molar-refractivity contribution in [2.75, 3.05) is 0 Å². The number of allylic oxidation sites excluding steroid dienone is 8. The zero-order chi connectivity index (χ0) is 44.5. The second-order valence-corrected chi connectivity index (χ2v) is 15.7. The third-order valence-electron chi connectivity index (χ3n) is 10.6. The van der Waals surface area contributed by atoms with Gasteiger partial charge in [0.15, 0.2) is 0 Å². The van der Waals surface area contributed by atoms with Gasteiger partial charge in [-0.25, -0.2) is 0 Å². The number of hydrogen-bond acceptors (Lipinski definition) is 0. The van der Waals surface area contributed by atoms with Gasteiger partial charge in [0.1, 0.15) is 0 Å². The summed E-state index contributed by atoms with van der Waals surface area (Å²) in [5.74, 6) is 0. The predicted octanol–water partition coefficient (Wildman–Crippen LogP) is 16.1. The molecule has 0 aromatic heterocycles. The molecule has 1 aliphatic carbocycles. The monoisotopic (exact) mass is 801 g/mol. The number of aryl methyl sites for hydroxylation is 2. The molecular formula is C60H69B. The highest BCUT2D eigenvalue weighted by molar-refractivity contribution is 6.99. The molecule has 0 radical (unpaired) electrons. The maximum absolute atomic E-state index is 4.37. The third kappa shape index (κ3) is 11.7. The van der Waals surface area contributed by atoms with Crippen LogP contribution in [0.15, 0.2) is 188 Å². The lowest BCUT2D eigenvalue weighted by molar-refractivity contribution is 0.979. The average molecular weight is 801 g/mol. The predicted molar refractivity (Wildman–Crippen MR) is 277 cm³/mol. The Morgan fingerprint density at radius 1 is 0.590 bits per heavy atom. The zero-order valence-corrected chi connectivity index (χ0v) is 39.1. The van der Waals surface area contributed by atoms with E-state index in [0.717, 1.165) is 18.4 Å². The Balaban J connectivity index is 0.000000679. The van der Waals surface area contributed by atoms with Gasteiger partial charge in [-0.3, -0.25) is 0 Å². The molecule has 6 aromatic carbocycles. The normalized spacial score (nSPS) is 12.0. The minimum absolute atomic E-state index is 0.159. The molecule has 61 heavy (non-hydrogen) atoms. The molecular weight excluding hydrogens is 731 g/mol. The summed E-state index contributed by atoms with van der Waals surface area (Å²) in [6, 6.07) is 49.7. The third-order valence-corrected chi connectivity index (χ3v) is 10.6. The van der Waals surface area contributed by atoms with E-state index in [1.807, 2.05) is 41.5 Å². The van der Waals surface area contributed by atoms with Crippen LogP contribution in [0.2, 0.25) is 0 Å². The first-order valence-electron chi connectivity index (χ1n) is 22.6. The second kappa shape index (κ2) is 23.8. The number of rotatable bonds is 7. The van der Waals surface area contributed by atoms with Gasteiger partial charge in [-0.2, -0.15) is 0 Å². The second-order valence-electron chi connectivity index (χ2n) is 15.7. The maximum Gasteiger partial charge on any atom is 0.242 e. The van der Waals surface area contributed by atoms with Crippen molar-refractivity contribution in [3.63, 3.8) is 0 Å². The highest BCUT2D eigenvalue weighted by Crippen LogP contribution is 2.38. The van der Waals surface area contributed by atoms with Crippen LogP contribution in [0.5, 0.6) is 0 Å². The van der Waals surface area contributed by atoms with Crippen LogP contribution in [0.25, 0.3) is 50.1 Å². The maximum atomic E-state index is 4.37. The fourth-order valence-electron chi connectivity index (χ4n) is 8.08. The van der Waals surface area contributed by atoms with Crippen LogP contribution < -0.4 is 16.4 Å². The van der Waals surface area contributed by atoms with Crippen molar-refractivity contribution in [2.45, 2.75) is 95.4 Å². The lowest BCUT2D eigenvalue weighted by Gasteiger charge is -2.17. The Hall–Kier alpha value is -5.92. The summed E-state index contributed by atoms with van der Waals surface area (Å²) in [5, 5.41) is 0. The quantitative estimate of drug-likeness (QED) is 0.0856. The number of benzene rings is 6. The van der Waals surface area contributed by atoms with Crippen LogP contribution in [-0.4, -0.2) is 6.71 Å². The Bertz CT molecular complexity index is 2480. The SMILES string of the molecule is C=C(/C=C(\C)c1ccc(-c2cccc3c2-c2ccccc2B3c2cccc(-c3cccc(C)c3-c3ccccc3C)c2)cc1)C1=CC=CCC1.C=C(C)C.CC.CC.CCC. The van der Waals surface area contributed by atoms with Gasteiger partial charge in [-0.15, -0.1) is 6.58 Å². The highest BCUT2D eigenvalue weighted by Gasteiger charge is 2.35. The van der Waals surface area contributed by atoms with Crippen LogP contribution in [0.1, 0.15) is 98.3 Å². The van der Waals surface area contributed by atoms with Gasteiger partial charge in [0.2, 0.25) is 6.71 Å². The Morgan fingerprint density at radius 2 is 1.13 bits per heavy atom. The number of hydrogen-bond donors (Lipinski definition) is 0. The molecule has 0 bridgehead atoms. The van der Waals surface area contributed by atoms with E-state index in [9.17, 15) is 0 Å². The molecule has 0 atom stereocenters. The van der Waals surface area contributed by atoms with Crippen molar-refractivity contribution in [2.24, 2.45) is 0 Å². The standard InChI is InChI=1S/C49H41B.C4H8.C3H8.2C2H6/c1-33-15-8-9-21-42(33)48-34(2)16-12-23-44(48)40-19-13-20-41(32-40)50-46-25-11-10-22-45(46)49-43(24-14-26-47(49)50)39-29-27-38(28-30-39)36(4)31-35(3)37-17-6-5-7-18-37;1-4(2)3;1-3-2;2*1-2/h5-6,8-17,19-32H,3,7,18H2,1-2,4H3;1H2,2-3H3;3H2,1-2H3;2*1-2H3/b36-31+;;;;. The molecule has 0 saturated heterocycles. The molecule has 0 unspecified atom stereocenters. The van der Waals surface area contributed by atoms with Crippen LogP contribution in [0, 0.1) is 13.8 Å². The fraction of sp³-hybridized carbons (Fsp3) is 0.233. The van der Waals surface area contributed by atoms with Crippen molar-refractivity contribution in [1.29, 1.82) is 0 Å². The van der Waals surface area contributed by atoms with E-state index in [4.69, 9.17) is 0 Å². The molecule has 0 amide bonds. The van der Waals surface area contributed by atoms with Gasteiger partial charge in [0.25, 0.3) is 0 Å². The topological polar surface area (TPSA) is 0 Å². The first kappa shape index (κ1) is 47.8. The van der Waals surface area contributed by atoms with Crippen LogP contribution in [0.3, 0.4) is 0 Å². The minimum Gasteiger partial charge on any atom is -0.100 e. The summed E-state index contributed by atoms with van der Waals surface area (Å²) in [6.07, 6.45) is 12.2. The summed E-state index contributed by atoms with van der Waals surface area (Å²) >= 11 is 0. The van der Waals surface area contributed by atoms with Crippen molar-refractivity contribution in [3.8, 4) is 44.5 Å². The van der Waals surface area contributed by atoms with Gasteiger partial charge in [-0.1, -0.05) is 234 Å². The molecule has 1 aliphatic heterocycles. The van der Waals surface area contributed by atoms with Gasteiger partial charge < -0.3 is 0 Å². The lowest BCUT2D eigenvalue weighted by atomic mass is 9.39. The first-order valence-corrected chi connectivity index (χ1v) is 22.6. The average Bonchev–Trinajstić information content (AvgIpc) is 3.63. The van der Waals surface area contributed by atoms with E-state index < -0.39 is 0 Å². The molecule has 312 valence electrons. The van der Waals surface area contributed by atoms with Crippen molar-refractivity contribution in [3.05, 3.63) is 204 Å². The summed E-state index contributed by atoms with van der Waals surface area (Å²) in [5.41, 5.74) is 23.1. The summed E-state index contributed by atoms with van der Waals surface area (Å²) in [7, 11) is 0. The fourth-order valence-corrected chi connectivity index (χ4v) is 8.08. The molecule has 6 aromatic rings. The van der Waals surface area contributed by atoms with Crippen molar-refractivity contribution < 1.29 is 0 Å². The zero-order valence-electron chi connectivity index (χ0n) is 39.1. The first-order chi connectivity index (χ1) is 29.6. The smallest absolute Gasteiger partial charge is 0.100 e. The Morgan fingerprint density at radius 3 is 1.77 bits per heavy atom. The van der Waals surface area contributed by atoms with Gasteiger partial charge in [0.05, 0.1) is 0 Å². The molecule has 0 saturated carbocycles. The van der Waals surface area contributed by atoms with E-state index in [1.54, 1.807) is 0 Å². The van der Waals surface area contributed by atoms with Gasteiger partial charge >= 0.3 is 0 Å². The van der Waals surface area contributed by atoms with E-state index >= 15 is 0 Å². The van der Waals surface area contributed by atoms with Gasteiger partial charge in [-0.05, 0) is 125 Å². The molecule has 0 spiro atoms. The molecule has 1 heteroatoms. The van der Waals surface area contributed by atoms with E-state index in [1.165, 1.54) is 101 Å². The number of fused-ring (bicyclic) bond motifs is 3. The van der Waals surface area contributed by atoms with Gasteiger partial charge in [0, 0.05) is 0 Å². The summed E-state index contributed by atoms with van der Waals surface area (Å²) < 4.78 is 0. The molecule has 2 aliphatic rings. The molecule has 8 rings (SSSR count). The van der Waals surface area contributed by atoms with E-state index in [0.29, 0.717) is 0 Å². The largest absolute Gasteiger partial charge is 0.242 e.